The smallest absolute Gasteiger partial charge is 0.159 e. The highest BCUT2D eigenvalue weighted by Gasteiger charge is 2.21. The molecule has 0 aromatic heterocycles. The Hall–Kier alpha value is 0.260. The van der Waals surface area contributed by atoms with Crippen LogP contribution in [0.15, 0.2) is 4.99 Å². The quantitative estimate of drug-likeness (QED) is 0.739. The fraction of sp³-hybridized carbons (Fsp3) is 0.909. The molecule has 2 aliphatic heterocycles. The topological polar surface area (TPSA) is 18.8 Å². The Balaban J connectivity index is 1.69. The van der Waals surface area contributed by atoms with Crippen LogP contribution in [-0.2, 0) is 0 Å². The van der Waals surface area contributed by atoms with Crippen molar-refractivity contribution >= 4 is 32.9 Å². The van der Waals surface area contributed by atoms with Crippen molar-refractivity contribution in [2.24, 2.45) is 4.99 Å². The summed E-state index contributed by atoms with van der Waals surface area (Å²) in [7, 11) is 2.17. The van der Waals surface area contributed by atoms with E-state index >= 15 is 0 Å². The normalized spacial score (nSPS) is 26.1. The van der Waals surface area contributed by atoms with Crippen LogP contribution >= 0.6 is 27.7 Å². The summed E-state index contributed by atoms with van der Waals surface area (Å²) in [6.07, 6.45) is 2.76. The zero-order valence-electron chi connectivity index (χ0n) is 9.86. The summed E-state index contributed by atoms with van der Waals surface area (Å²) in [6, 6.07) is 0. The van der Waals surface area contributed by atoms with E-state index in [9.17, 15) is 0 Å². The minimum absolute atomic E-state index is 0.643. The molecule has 0 aromatic carbocycles. The van der Waals surface area contributed by atoms with Gasteiger partial charge in [-0.15, -0.1) is 0 Å². The minimum atomic E-state index is 0.643. The number of alkyl halides is 1. The van der Waals surface area contributed by atoms with Gasteiger partial charge in [0.2, 0.25) is 0 Å². The molecule has 2 rings (SSSR count). The summed E-state index contributed by atoms with van der Waals surface area (Å²) in [5.41, 5.74) is 0. The van der Waals surface area contributed by atoms with Crippen molar-refractivity contribution in [3.8, 4) is 0 Å². The molecule has 92 valence electrons. The third kappa shape index (κ3) is 3.37. The van der Waals surface area contributed by atoms with Crippen LogP contribution in [0.2, 0.25) is 0 Å². The molecular formula is C11H20BrN3S. The summed E-state index contributed by atoms with van der Waals surface area (Å²) in [4.78, 5) is 9.46. The van der Waals surface area contributed by atoms with E-state index < -0.39 is 0 Å². The number of nitrogens with zero attached hydrogens (tertiary/aromatic N) is 3. The molecule has 0 aliphatic carbocycles. The number of halogens is 1. The van der Waals surface area contributed by atoms with Gasteiger partial charge in [-0.2, -0.15) is 0 Å². The highest BCUT2D eigenvalue weighted by molar-refractivity contribution is 9.09. The number of aliphatic imine (C=N–C) groups is 1. The summed E-state index contributed by atoms with van der Waals surface area (Å²) in [5, 5.41) is 2.91. The van der Waals surface area contributed by atoms with Gasteiger partial charge >= 0.3 is 0 Å². The van der Waals surface area contributed by atoms with E-state index in [2.05, 4.69) is 37.8 Å². The van der Waals surface area contributed by atoms with Gasteiger partial charge < -0.3 is 9.80 Å². The van der Waals surface area contributed by atoms with Gasteiger partial charge in [0.15, 0.2) is 5.17 Å². The Morgan fingerprint density at radius 1 is 1.50 bits per heavy atom. The first kappa shape index (κ1) is 12.7. The minimum Gasteiger partial charge on any atom is -0.353 e. The molecule has 1 unspecified atom stereocenters. The average Bonchev–Trinajstić information content (AvgIpc) is 2.96. The van der Waals surface area contributed by atoms with E-state index in [0.717, 1.165) is 18.4 Å². The predicted molar refractivity (Wildman–Crippen MR) is 75.8 cm³/mol. The Labute approximate surface area is 111 Å². The Morgan fingerprint density at radius 3 is 2.88 bits per heavy atom. The predicted octanol–water partition coefficient (Wildman–Crippen LogP) is 1.88. The lowest BCUT2D eigenvalue weighted by Gasteiger charge is -2.22. The highest BCUT2D eigenvalue weighted by Crippen LogP contribution is 2.24. The van der Waals surface area contributed by atoms with E-state index in [1.807, 2.05) is 11.8 Å². The molecule has 2 aliphatic rings. The Bertz CT molecular complexity index is 254. The second-order valence-corrected chi connectivity index (χ2v) is 6.40. The maximum atomic E-state index is 4.59. The molecule has 2 heterocycles. The third-order valence-corrected chi connectivity index (χ3v) is 5.66. The van der Waals surface area contributed by atoms with Crippen LogP contribution in [0.3, 0.4) is 0 Å². The largest absolute Gasteiger partial charge is 0.353 e. The molecule has 1 saturated heterocycles. The molecule has 5 heteroatoms. The zero-order valence-corrected chi connectivity index (χ0v) is 12.3. The molecule has 0 spiro atoms. The molecule has 1 fully saturated rings. The molecule has 0 radical (unpaired) electrons. The van der Waals surface area contributed by atoms with Crippen molar-refractivity contribution in [1.29, 1.82) is 0 Å². The third-order valence-electron chi connectivity index (χ3n) is 3.15. The number of hydrogen-bond donors (Lipinski definition) is 0. The van der Waals surface area contributed by atoms with E-state index in [1.165, 1.54) is 37.6 Å². The highest BCUT2D eigenvalue weighted by atomic mass is 79.9. The molecule has 1 atom stereocenters. The van der Waals surface area contributed by atoms with Crippen molar-refractivity contribution in [3.05, 3.63) is 0 Å². The lowest BCUT2D eigenvalue weighted by Crippen LogP contribution is -2.33. The van der Waals surface area contributed by atoms with Crippen LogP contribution in [0.1, 0.15) is 12.8 Å². The Kier molecular flexibility index (Phi) is 4.97. The van der Waals surface area contributed by atoms with Crippen LogP contribution < -0.4 is 0 Å². The van der Waals surface area contributed by atoms with Gasteiger partial charge in [0.05, 0.1) is 6.54 Å². The van der Waals surface area contributed by atoms with Crippen LogP contribution in [-0.4, -0.2) is 65.3 Å². The molecule has 0 saturated carbocycles. The molecule has 0 amide bonds. The molecule has 16 heavy (non-hydrogen) atoms. The number of likely N-dealkylation sites (tertiary alicyclic amines) is 1. The average molecular weight is 306 g/mol. The lowest BCUT2D eigenvalue weighted by atomic mass is 10.4. The standard InChI is InChI=1S/C11H20BrN3S/c1-14(6-7-15-4-2-3-5-15)11-13-9-10(8-12)16-11/h10H,2-9H2,1H3. The van der Waals surface area contributed by atoms with Gasteiger partial charge in [-0.05, 0) is 25.9 Å². The second-order valence-electron chi connectivity index (χ2n) is 4.49. The molecular weight excluding hydrogens is 286 g/mol. The second kappa shape index (κ2) is 6.26. The molecule has 0 bridgehead atoms. The van der Waals surface area contributed by atoms with Gasteiger partial charge in [0.25, 0.3) is 0 Å². The van der Waals surface area contributed by atoms with Gasteiger partial charge in [-0.3, -0.25) is 4.99 Å². The van der Waals surface area contributed by atoms with E-state index in [-0.39, 0.29) is 0 Å². The summed E-state index contributed by atoms with van der Waals surface area (Å²) in [5.74, 6) is 0. The van der Waals surface area contributed by atoms with Crippen molar-refractivity contribution in [2.75, 3.05) is 45.1 Å². The van der Waals surface area contributed by atoms with Crippen LogP contribution in [0.4, 0.5) is 0 Å². The number of rotatable bonds is 4. The maximum absolute atomic E-state index is 4.59. The van der Waals surface area contributed by atoms with Crippen LogP contribution in [0.25, 0.3) is 0 Å². The van der Waals surface area contributed by atoms with Gasteiger partial charge in [-0.1, -0.05) is 27.7 Å². The summed E-state index contributed by atoms with van der Waals surface area (Å²) < 4.78 is 0. The van der Waals surface area contributed by atoms with E-state index in [0.29, 0.717) is 5.25 Å². The van der Waals surface area contributed by atoms with E-state index in [4.69, 9.17) is 0 Å². The van der Waals surface area contributed by atoms with Crippen LogP contribution in [0, 0.1) is 0 Å². The first-order chi connectivity index (χ1) is 7.79. The summed E-state index contributed by atoms with van der Waals surface area (Å²) in [6.45, 7) is 5.85. The van der Waals surface area contributed by atoms with Crippen molar-refractivity contribution in [2.45, 2.75) is 18.1 Å². The van der Waals surface area contributed by atoms with E-state index in [1.54, 1.807) is 0 Å². The fourth-order valence-corrected chi connectivity index (χ4v) is 3.62. The monoisotopic (exact) mass is 305 g/mol. The molecule has 0 N–H and O–H groups in total. The SMILES string of the molecule is CN(CCN1CCCC1)C1=NCC(CBr)S1. The first-order valence-electron chi connectivity index (χ1n) is 6.00. The number of thioether (sulfide) groups is 1. The first-order valence-corrected chi connectivity index (χ1v) is 8.00. The number of amidine groups is 1. The van der Waals surface area contributed by atoms with Crippen molar-refractivity contribution in [1.82, 2.24) is 9.80 Å². The van der Waals surface area contributed by atoms with Gasteiger partial charge in [0.1, 0.15) is 0 Å². The zero-order chi connectivity index (χ0) is 11.4. The maximum Gasteiger partial charge on any atom is 0.159 e. The lowest BCUT2D eigenvalue weighted by molar-refractivity contribution is 0.309. The number of likely N-dealkylation sites (N-methyl/N-ethyl adjacent to an activating group) is 1. The molecule has 0 aromatic rings. The van der Waals surface area contributed by atoms with Crippen LogP contribution in [0.5, 0.6) is 0 Å². The van der Waals surface area contributed by atoms with Crippen molar-refractivity contribution in [3.63, 3.8) is 0 Å². The van der Waals surface area contributed by atoms with Gasteiger partial charge in [-0.25, -0.2) is 0 Å². The van der Waals surface area contributed by atoms with Gasteiger partial charge in [0, 0.05) is 30.7 Å². The number of hydrogen-bond acceptors (Lipinski definition) is 4. The van der Waals surface area contributed by atoms with Crippen molar-refractivity contribution < 1.29 is 0 Å². The molecule has 3 nitrogen and oxygen atoms in total. The summed E-state index contributed by atoms with van der Waals surface area (Å²) >= 11 is 5.44. The fourth-order valence-electron chi connectivity index (χ4n) is 2.09. The Morgan fingerprint density at radius 2 is 2.25 bits per heavy atom.